The second-order valence-electron chi connectivity index (χ2n) is 5.06. The molecule has 0 atom stereocenters. The van der Waals surface area contributed by atoms with E-state index in [4.69, 9.17) is 9.47 Å². The number of rotatable bonds is 4. The van der Waals surface area contributed by atoms with Gasteiger partial charge in [0.2, 0.25) is 5.13 Å². The summed E-state index contributed by atoms with van der Waals surface area (Å²) in [5.41, 5.74) is 0. The number of likely N-dealkylation sites (N-methyl/N-ethyl adjacent to an activating group) is 1. The first-order valence-corrected chi connectivity index (χ1v) is 7.63. The minimum absolute atomic E-state index is 0.222. The number of amides is 2. The molecular formula is C12H18N4O3S. The first-order valence-electron chi connectivity index (χ1n) is 6.81. The Morgan fingerprint density at radius 1 is 1.40 bits per heavy atom. The molecular weight excluding hydrogens is 280 g/mol. The number of carbonyl (C=O) groups excluding carboxylic acids is 1. The molecule has 20 heavy (non-hydrogen) atoms. The highest BCUT2D eigenvalue weighted by atomic mass is 32.1. The number of aromatic nitrogens is 2. The molecule has 2 aliphatic rings. The molecule has 0 aromatic carbocycles. The maximum Gasteiger partial charge on any atom is 0.323 e. The predicted octanol–water partition coefficient (Wildman–Crippen LogP) is 1.64. The van der Waals surface area contributed by atoms with E-state index < -0.39 is 0 Å². The highest BCUT2D eigenvalue weighted by Gasteiger charge is 2.25. The van der Waals surface area contributed by atoms with Gasteiger partial charge in [-0.15, -0.1) is 10.2 Å². The fourth-order valence-corrected chi connectivity index (χ4v) is 3.01. The normalized spacial score (nSPS) is 19.9. The maximum atomic E-state index is 12.0. The molecule has 0 radical (unpaired) electrons. The minimum atomic E-state index is -0.328. The van der Waals surface area contributed by atoms with Crippen LogP contribution in [0.5, 0.6) is 0 Å². The van der Waals surface area contributed by atoms with Crippen LogP contribution in [-0.2, 0) is 9.47 Å². The zero-order valence-electron chi connectivity index (χ0n) is 11.4. The quantitative estimate of drug-likeness (QED) is 0.914. The van der Waals surface area contributed by atoms with E-state index in [9.17, 15) is 4.79 Å². The van der Waals surface area contributed by atoms with Gasteiger partial charge in [0.15, 0.2) is 6.29 Å². The van der Waals surface area contributed by atoms with Gasteiger partial charge in [0.25, 0.3) is 0 Å². The van der Waals surface area contributed by atoms with Crippen LogP contribution >= 0.6 is 11.3 Å². The predicted molar refractivity (Wildman–Crippen MR) is 73.8 cm³/mol. The van der Waals surface area contributed by atoms with Crippen molar-refractivity contribution in [3.05, 3.63) is 5.01 Å². The van der Waals surface area contributed by atoms with Gasteiger partial charge in [-0.1, -0.05) is 17.8 Å². The molecule has 8 heteroatoms. The number of hydrogen-bond acceptors (Lipinski definition) is 6. The first kappa shape index (κ1) is 13.7. The molecule has 0 spiro atoms. The second-order valence-corrected chi connectivity index (χ2v) is 6.06. The summed E-state index contributed by atoms with van der Waals surface area (Å²) in [5.74, 6) is 0.538. The largest absolute Gasteiger partial charge is 0.348 e. The standard InChI is InChI=1S/C12H18N4O3S/c1-16(7-9-18-5-6-19-9)12(17)13-11-15-14-10(20-11)8-3-2-4-8/h8-9H,2-7H2,1H3,(H,13,15,17). The molecule has 0 unspecified atom stereocenters. The lowest BCUT2D eigenvalue weighted by molar-refractivity contribution is -0.0518. The Hall–Kier alpha value is -1.25. The lowest BCUT2D eigenvalue weighted by Crippen LogP contribution is -2.37. The molecule has 1 N–H and O–H groups in total. The minimum Gasteiger partial charge on any atom is -0.348 e. The molecule has 1 aromatic heterocycles. The zero-order valence-corrected chi connectivity index (χ0v) is 12.2. The van der Waals surface area contributed by atoms with Gasteiger partial charge in [0, 0.05) is 13.0 Å². The molecule has 2 fully saturated rings. The highest BCUT2D eigenvalue weighted by molar-refractivity contribution is 7.15. The third-order valence-electron chi connectivity index (χ3n) is 3.57. The van der Waals surface area contributed by atoms with E-state index in [1.807, 2.05) is 0 Å². The van der Waals surface area contributed by atoms with Crippen LogP contribution in [0.25, 0.3) is 0 Å². The van der Waals surface area contributed by atoms with Gasteiger partial charge >= 0.3 is 6.03 Å². The summed E-state index contributed by atoms with van der Waals surface area (Å²) in [6, 6.07) is -0.222. The van der Waals surface area contributed by atoms with Crippen LogP contribution in [0.4, 0.5) is 9.93 Å². The fourth-order valence-electron chi connectivity index (χ4n) is 2.11. The average molecular weight is 298 g/mol. The van der Waals surface area contributed by atoms with Crippen molar-refractivity contribution in [2.75, 3.05) is 32.1 Å². The summed E-state index contributed by atoms with van der Waals surface area (Å²) in [5, 5.41) is 12.5. The van der Waals surface area contributed by atoms with Crippen molar-refractivity contribution in [3.8, 4) is 0 Å². The van der Waals surface area contributed by atoms with Crippen LogP contribution in [-0.4, -0.2) is 54.2 Å². The van der Waals surface area contributed by atoms with Gasteiger partial charge in [0.05, 0.1) is 19.8 Å². The molecule has 1 saturated heterocycles. The van der Waals surface area contributed by atoms with Crippen LogP contribution in [0.2, 0.25) is 0 Å². The van der Waals surface area contributed by atoms with E-state index in [0.29, 0.717) is 30.8 Å². The van der Waals surface area contributed by atoms with Crippen LogP contribution in [0.3, 0.4) is 0 Å². The van der Waals surface area contributed by atoms with Crippen molar-refractivity contribution in [2.45, 2.75) is 31.5 Å². The van der Waals surface area contributed by atoms with Gasteiger partial charge < -0.3 is 14.4 Å². The molecule has 1 saturated carbocycles. The molecule has 0 bridgehead atoms. The average Bonchev–Trinajstić information content (AvgIpc) is 2.99. The van der Waals surface area contributed by atoms with Gasteiger partial charge in [-0.2, -0.15) is 0 Å². The number of nitrogens with one attached hydrogen (secondary N) is 1. The van der Waals surface area contributed by atoms with Crippen molar-refractivity contribution in [1.29, 1.82) is 0 Å². The van der Waals surface area contributed by atoms with E-state index in [-0.39, 0.29) is 12.3 Å². The van der Waals surface area contributed by atoms with Crippen LogP contribution in [0.15, 0.2) is 0 Å². The summed E-state index contributed by atoms with van der Waals surface area (Å²) in [6.07, 6.45) is 3.29. The Morgan fingerprint density at radius 2 is 2.15 bits per heavy atom. The summed E-state index contributed by atoms with van der Waals surface area (Å²) in [7, 11) is 1.70. The lowest BCUT2D eigenvalue weighted by Gasteiger charge is -2.21. The third kappa shape index (κ3) is 3.08. The summed E-state index contributed by atoms with van der Waals surface area (Å²) >= 11 is 1.46. The number of anilines is 1. The molecule has 2 amide bonds. The summed E-state index contributed by atoms with van der Waals surface area (Å²) in [4.78, 5) is 13.5. The smallest absolute Gasteiger partial charge is 0.323 e. The molecule has 7 nitrogen and oxygen atoms in total. The SMILES string of the molecule is CN(CC1OCCO1)C(=O)Nc1nnc(C2CCC2)s1. The number of urea groups is 1. The monoisotopic (exact) mass is 298 g/mol. The first-order chi connectivity index (χ1) is 9.72. The molecule has 2 heterocycles. The molecule has 1 aliphatic carbocycles. The Kier molecular flexibility index (Phi) is 4.13. The molecule has 110 valence electrons. The van der Waals surface area contributed by atoms with Crippen molar-refractivity contribution < 1.29 is 14.3 Å². The van der Waals surface area contributed by atoms with Gasteiger partial charge in [0.1, 0.15) is 5.01 Å². The molecule has 1 aliphatic heterocycles. The highest BCUT2D eigenvalue weighted by Crippen LogP contribution is 2.38. The summed E-state index contributed by atoms with van der Waals surface area (Å²) in [6.45, 7) is 1.57. The Balaban J connectivity index is 1.50. The van der Waals surface area contributed by atoms with Crippen LogP contribution in [0, 0.1) is 0 Å². The van der Waals surface area contributed by atoms with Crippen molar-refractivity contribution in [1.82, 2.24) is 15.1 Å². The number of hydrogen-bond donors (Lipinski definition) is 1. The van der Waals surface area contributed by atoms with E-state index in [1.165, 1.54) is 35.5 Å². The van der Waals surface area contributed by atoms with E-state index >= 15 is 0 Å². The number of ether oxygens (including phenoxy) is 2. The Bertz CT molecular complexity index is 471. The van der Waals surface area contributed by atoms with Crippen LogP contribution in [0.1, 0.15) is 30.2 Å². The topological polar surface area (TPSA) is 76.6 Å². The maximum absolute atomic E-state index is 12.0. The lowest BCUT2D eigenvalue weighted by atomic mass is 9.86. The molecule has 1 aromatic rings. The second kappa shape index (κ2) is 6.02. The van der Waals surface area contributed by atoms with Gasteiger partial charge in [-0.25, -0.2) is 4.79 Å². The Morgan fingerprint density at radius 3 is 2.80 bits per heavy atom. The van der Waals surface area contributed by atoms with E-state index in [0.717, 1.165) is 5.01 Å². The van der Waals surface area contributed by atoms with Crippen molar-refractivity contribution >= 4 is 22.5 Å². The molecule has 3 rings (SSSR count). The zero-order chi connectivity index (χ0) is 13.9. The van der Waals surface area contributed by atoms with Crippen molar-refractivity contribution in [2.24, 2.45) is 0 Å². The van der Waals surface area contributed by atoms with Gasteiger partial charge in [-0.3, -0.25) is 5.32 Å². The van der Waals surface area contributed by atoms with E-state index in [2.05, 4.69) is 15.5 Å². The third-order valence-corrected chi connectivity index (χ3v) is 4.57. The van der Waals surface area contributed by atoms with E-state index in [1.54, 1.807) is 7.05 Å². The number of carbonyl (C=O) groups is 1. The van der Waals surface area contributed by atoms with Crippen molar-refractivity contribution in [3.63, 3.8) is 0 Å². The fraction of sp³-hybridized carbons (Fsp3) is 0.750. The number of nitrogens with zero attached hydrogens (tertiary/aromatic N) is 3. The van der Waals surface area contributed by atoms with Crippen LogP contribution < -0.4 is 5.32 Å². The summed E-state index contributed by atoms with van der Waals surface area (Å²) < 4.78 is 10.6. The van der Waals surface area contributed by atoms with Gasteiger partial charge in [-0.05, 0) is 12.8 Å². The Labute approximate surface area is 121 Å².